The van der Waals surface area contributed by atoms with Crippen molar-refractivity contribution in [3.63, 3.8) is 0 Å². The average Bonchev–Trinajstić information content (AvgIpc) is 2.89. The zero-order valence-electron chi connectivity index (χ0n) is 10.8. The van der Waals surface area contributed by atoms with Crippen molar-refractivity contribution in [2.24, 2.45) is 11.8 Å². The van der Waals surface area contributed by atoms with E-state index in [-0.39, 0.29) is 29.9 Å². The summed E-state index contributed by atoms with van der Waals surface area (Å²) in [5, 5.41) is 11.8. The van der Waals surface area contributed by atoms with Crippen LogP contribution in [0.25, 0.3) is 0 Å². The highest BCUT2D eigenvalue weighted by atomic mass is 16.5. The van der Waals surface area contributed by atoms with Crippen molar-refractivity contribution in [3.8, 4) is 0 Å². The minimum absolute atomic E-state index is 0.0842. The summed E-state index contributed by atoms with van der Waals surface area (Å²) in [4.78, 5) is 34.7. The molecule has 1 aliphatic carbocycles. The maximum absolute atomic E-state index is 11.9. The molecule has 0 aromatic carbocycles. The largest absolute Gasteiger partial charge is 0.480 e. The van der Waals surface area contributed by atoms with Crippen LogP contribution in [0.5, 0.6) is 0 Å². The van der Waals surface area contributed by atoms with E-state index in [0.29, 0.717) is 38.9 Å². The van der Waals surface area contributed by atoms with E-state index in [1.807, 2.05) is 0 Å². The third-order valence-electron chi connectivity index (χ3n) is 3.86. The van der Waals surface area contributed by atoms with E-state index in [0.717, 1.165) is 0 Å². The molecule has 2 aliphatic rings. The molecule has 3 atom stereocenters. The van der Waals surface area contributed by atoms with E-state index < -0.39 is 12.0 Å². The van der Waals surface area contributed by atoms with Crippen LogP contribution in [-0.2, 0) is 19.1 Å². The predicted molar refractivity (Wildman–Crippen MR) is 65.5 cm³/mol. The number of rotatable bonds is 4. The van der Waals surface area contributed by atoms with Crippen LogP contribution in [0.2, 0.25) is 0 Å². The van der Waals surface area contributed by atoms with E-state index in [1.165, 1.54) is 0 Å². The molecule has 2 N–H and O–H groups in total. The highest BCUT2D eigenvalue weighted by Gasteiger charge is 2.35. The lowest BCUT2D eigenvalue weighted by Crippen LogP contribution is -2.49. The van der Waals surface area contributed by atoms with Crippen LogP contribution in [0, 0.1) is 11.8 Å². The fourth-order valence-electron chi connectivity index (χ4n) is 2.74. The molecular weight excluding hydrogens is 250 g/mol. The Hall–Kier alpha value is -1.43. The molecule has 0 bridgehead atoms. The van der Waals surface area contributed by atoms with E-state index in [2.05, 4.69) is 5.32 Å². The first-order valence-electron chi connectivity index (χ1n) is 6.70. The van der Waals surface area contributed by atoms with Gasteiger partial charge >= 0.3 is 5.97 Å². The summed E-state index contributed by atoms with van der Waals surface area (Å²) in [5.41, 5.74) is 0. The molecule has 0 unspecified atom stereocenters. The summed E-state index contributed by atoms with van der Waals surface area (Å²) in [5.74, 6) is -1.80. The van der Waals surface area contributed by atoms with Gasteiger partial charge in [0.1, 0.15) is 11.8 Å². The smallest absolute Gasteiger partial charge is 0.326 e. The van der Waals surface area contributed by atoms with E-state index in [1.54, 1.807) is 0 Å². The van der Waals surface area contributed by atoms with Gasteiger partial charge in [-0.2, -0.15) is 0 Å². The quantitative estimate of drug-likeness (QED) is 0.768. The first kappa shape index (κ1) is 14.0. The van der Waals surface area contributed by atoms with Gasteiger partial charge in [-0.05, 0) is 25.2 Å². The standard InChI is InChI=1S/C13H19NO5/c15-10-3-1-2-8(6-10)11(13(17)18)14-12(16)9-4-5-19-7-9/h8-9,11H,1-7H2,(H,14,16)(H,17,18)/t8-,9+,11-/m1/s1. The molecule has 1 saturated heterocycles. The third-order valence-corrected chi connectivity index (χ3v) is 3.86. The Kier molecular flexibility index (Phi) is 4.52. The predicted octanol–water partition coefficient (Wildman–Crippen LogP) is 0.352. The fraction of sp³-hybridized carbons (Fsp3) is 0.769. The van der Waals surface area contributed by atoms with Gasteiger partial charge in [-0.3, -0.25) is 9.59 Å². The lowest BCUT2D eigenvalue weighted by Gasteiger charge is -2.28. The van der Waals surface area contributed by atoms with Crippen molar-refractivity contribution in [1.29, 1.82) is 0 Å². The number of amides is 1. The molecular formula is C13H19NO5. The summed E-state index contributed by atoms with van der Waals surface area (Å²) in [7, 11) is 0. The third kappa shape index (κ3) is 3.53. The van der Waals surface area contributed by atoms with Gasteiger partial charge in [0.05, 0.1) is 12.5 Å². The van der Waals surface area contributed by atoms with Gasteiger partial charge in [0.25, 0.3) is 0 Å². The number of hydrogen-bond acceptors (Lipinski definition) is 4. The molecule has 0 spiro atoms. The molecule has 2 fully saturated rings. The first-order chi connectivity index (χ1) is 9.08. The molecule has 106 valence electrons. The van der Waals surface area contributed by atoms with Crippen LogP contribution in [0.3, 0.4) is 0 Å². The minimum atomic E-state index is -1.06. The SMILES string of the molecule is O=C1CCC[C@@H]([C@@H](NC(=O)[C@H]2CCOC2)C(=O)O)C1. The Balaban J connectivity index is 1.97. The molecule has 1 saturated carbocycles. The molecule has 6 nitrogen and oxygen atoms in total. The van der Waals surface area contributed by atoms with E-state index in [4.69, 9.17) is 4.74 Å². The number of nitrogens with one attached hydrogen (secondary N) is 1. The number of aliphatic carboxylic acids is 1. The molecule has 0 radical (unpaired) electrons. The van der Waals surface area contributed by atoms with Crippen molar-refractivity contribution < 1.29 is 24.2 Å². The van der Waals surface area contributed by atoms with Crippen molar-refractivity contribution in [3.05, 3.63) is 0 Å². The summed E-state index contributed by atoms with van der Waals surface area (Å²) in [6, 6.07) is -0.961. The number of carbonyl (C=O) groups is 3. The molecule has 1 heterocycles. The molecule has 1 aliphatic heterocycles. The summed E-state index contributed by atoms with van der Waals surface area (Å²) in [6.45, 7) is 0.888. The molecule has 6 heteroatoms. The Morgan fingerprint density at radius 1 is 1.37 bits per heavy atom. The van der Waals surface area contributed by atoms with Crippen LogP contribution in [0.1, 0.15) is 32.1 Å². The number of carboxylic acids is 1. The highest BCUT2D eigenvalue weighted by molar-refractivity contribution is 5.86. The van der Waals surface area contributed by atoms with E-state index >= 15 is 0 Å². The normalized spacial score (nSPS) is 28.9. The maximum atomic E-state index is 11.9. The van der Waals surface area contributed by atoms with Crippen molar-refractivity contribution in [2.45, 2.75) is 38.1 Å². The van der Waals surface area contributed by atoms with Crippen LogP contribution in [0.4, 0.5) is 0 Å². The number of ketones is 1. The Morgan fingerprint density at radius 2 is 2.16 bits per heavy atom. The van der Waals surface area contributed by atoms with Crippen molar-refractivity contribution >= 4 is 17.7 Å². The van der Waals surface area contributed by atoms with Crippen molar-refractivity contribution in [1.82, 2.24) is 5.32 Å². The van der Waals surface area contributed by atoms with Crippen LogP contribution < -0.4 is 5.32 Å². The Labute approximate surface area is 111 Å². The molecule has 0 aromatic heterocycles. The highest BCUT2D eigenvalue weighted by Crippen LogP contribution is 2.25. The summed E-state index contributed by atoms with van der Waals surface area (Å²) >= 11 is 0. The van der Waals surface area contributed by atoms with Gasteiger partial charge in [-0.1, -0.05) is 0 Å². The number of carboxylic acid groups (broad SMARTS) is 1. The monoisotopic (exact) mass is 269 g/mol. The number of hydrogen-bond donors (Lipinski definition) is 2. The van der Waals surface area contributed by atoms with Gasteiger partial charge in [0.2, 0.25) is 5.91 Å². The van der Waals surface area contributed by atoms with Crippen LogP contribution in [0.15, 0.2) is 0 Å². The minimum Gasteiger partial charge on any atom is -0.480 e. The number of ether oxygens (including phenoxy) is 1. The molecule has 2 rings (SSSR count). The van der Waals surface area contributed by atoms with E-state index in [9.17, 15) is 19.5 Å². The second kappa shape index (κ2) is 6.14. The van der Waals surface area contributed by atoms with Gasteiger partial charge in [-0.15, -0.1) is 0 Å². The zero-order chi connectivity index (χ0) is 13.8. The zero-order valence-corrected chi connectivity index (χ0v) is 10.8. The number of Topliss-reactive ketones (excluding diaryl/α,β-unsaturated/α-hetero) is 1. The first-order valence-corrected chi connectivity index (χ1v) is 6.70. The topological polar surface area (TPSA) is 92.7 Å². The van der Waals surface area contributed by atoms with Gasteiger partial charge in [0.15, 0.2) is 0 Å². The van der Waals surface area contributed by atoms with Gasteiger partial charge < -0.3 is 15.2 Å². The molecule has 19 heavy (non-hydrogen) atoms. The fourth-order valence-corrected chi connectivity index (χ4v) is 2.74. The second-order valence-electron chi connectivity index (χ2n) is 5.28. The Morgan fingerprint density at radius 3 is 2.74 bits per heavy atom. The summed E-state index contributed by atoms with van der Waals surface area (Å²) < 4.78 is 5.12. The van der Waals surface area contributed by atoms with Crippen LogP contribution in [-0.4, -0.2) is 42.0 Å². The molecule has 0 aromatic rings. The molecule has 1 amide bonds. The lowest BCUT2D eigenvalue weighted by molar-refractivity contribution is -0.145. The van der Waals surface area contributed by atoms with Crippen molar-refractivity contribution in [2.75, 3.05) is 13.2 Å². The van der Waals surface area contributed by atoms with Gasteiger partial charge in [0, 0.05) is 19.4 Å². The summed E-state index contributed by atoms with van der Waals surface area (Å²) in [6.07, 6.45) is 2.77. The second-order valence-corrected chi connectivity index (χ2v) is 5.28. The van der Waals surface area contributed by atoms with Gasteiger partial charge in [-0.25, -0.2) is 4.79 Å². The Bertz CT molecular complexity index is 375. The van der Waals surface area contributed by atoms with Crippen LogP contribution >= 0.6 is 0 Å². The number of carbonyl (C=O) groups excluding carboxylic acids is 2. The maximum Gasteiger partial charge on any atom is 0.326 e. The average molecular weight is 269 g/mol. The lowest BCUT2D eigenvalue weighted by atomic mass is 9.83.